The largest absolute Gasteiger partial charge is 0.316 e. The first-order valence-electron chi connectivity index (χ1n) is 7.39. The highest BCUT2D eigenvalue weighted by Crippen LogP contribution is 2.25. The Hall–Kier alpha value is -0.870. The maximum absolute atomic E-state index is 12.3. The van der Waals surface area contributed by atoms with E-state index in [4.69, 9.17) is 11.6 Å². The number of carbonyl (C=O) groups excluding carboxylic acids is 1. The van der Waals surface area contributed by atoms with Crippen LogP contribution >= 0.6 is 11.6 Å². The van der Waals surface area contributed by atoms with Crippen LogP contribution in [-0.4, -0.2) is 28.7 Å². The summed E-state index contributed by atoms with van der Waals surface area (Å²) in [7, 11) is 1.81. The number of hydrogen-bond donors (Lipinski definition) is 1. The van der Waals surface area contributed by atoms with Gasteiger partial charge in [-0.3, -0.25) is 9.48 Å². The average Bonchev–Trinajstić information content (AvgIpc) is 2.66. The van der Waals surface area contributed by atoms with Crippen LogP contribution in [0.5, 0.6) is 0 Å². The zero-order valence-corrected chi connectivity index (χ0v) is 13.3. The van der Waals surface area contributed by atoms with E-state index in [2.05, 4.69) is 17.3 Å². The number of Topliss-reactive ketones (excluding diaryl/α,β-unsaturated/α-hetero) is 1. The van der Waals surface area contributed by atoms with E-state index in [1.165, 1.54) is 12.8 Å². The van der Waals surface area contributed by atoms with Crippen molar-refractivity contribution in [3.05, 3.63) is 16.4 Å². The van der Waals surface area contributed by atoms with E-state index in [0.717, 1.165) is 24.3 Å². The third-order valence-electron chi connectivity index (χ3n) is 4.33. The van der Waals surface area contributed by atoms with Crippen molar-refractivity contribution in [3.8, 4) is 0 Å². The summed E-state index contributed by atoms with van der Waals surface area (Å²) in [5, 5.41) is 8.26. The van der Waals surface area contributed by atoms with Gasteiger partial charge >= 0.3 is 0 Å². The number of hydrogen-bond acceptors (Lipinski definition) is 3. The number of aromatic nitrogens is 2. The third-order valence-corrected chi connectivity index (χ3v) is 4.81. The van der Waals surface area contributed by atoms with Crippen LogP contribution < -0.4 is 5.32 Å². The molecule has 2 rings (SSSR count). The van der Waals surface area contributed by atoms with E-state index in [-0.39, 0.29) is 5.78 Å². The van der Waals surface area contributed by atoms with Crippen molar-refractivity contribution in [1.82, 2.24) is 15.1 Å². The van der Waals surface area contributed by atoms with Crippen LogP contribution in [0, 0.1) is 18.8 Å². The maximum atomic E-state index is 12.3. The van der Waals surface area contributed by atoms with Crippen molar-refractivity contribution in [2.24, 2.45) is 18.9 Å². The van der Waals surface area contributed by atoms with Gasteiger partial charge in [0.2, 0.25) is 0 Å². The highest BCUT2D eigenvalue weighted by Gasteiger charge is 2.23. The van der Waals surface area contributed by atoms with Crippen LogP contribution in [-0.2, 0) is 18.3 Å². The number of aryl methyl sites for hydroxylation is 2. The lowest BCUT2D eigenvalue weighted by molar-refractivity contribution is -0.119. The molecule has 20 heavy (non-hydrogen) atoms. The van der Waals surface area contributed by atoms with Crippen LogP contribution in [0.15, 0.2) is 0 Å². The highest BCUT2D eigenvalue weighted by molar-refractivity contribution is 6.30. The van der Waals surface area contributed by atoms with Crippen molar-refractivity contribution >= 4 is 17.4 Å². The van der Waals surface area contributed by atoms with Gasteiger partial charge in [-0.2, -0.15) is 5.10 Å². The van der Waals surface area contributed by atoms with Gasteiger partial charge in [0, 0.05) is 25.5 Å². The van der Waals surface area contributed by atoms with Crippen LogP contribution in [0.3, 0.4) is 0 Å². The molecule has 1 saturated heterocycles. The molecule has 0 amide bonds. The van der Waals surface area contributed by atoms with Crippen molar-refractivity contribution in [3.63, 3.8) is 0 Å². The Bertz CT molecular complexity index is 478. The van der Waals surface area contributed by atoms with Gasteiger partial charge in [-0.1, -0.05) is 18.5 Å². The number of piperidine rings is 1. The lowest BCUT2D eigenvalue weighted by Gasteiger charge is -2.28. The summed E-state index contributed by atoms with van der Waals surface area (Å²) in [5.74, 6) is 1.32. The molecule has 0 aliphatic carbocycles. The molecule has 5 heteroatoms. The summed E-state index contributed by atoms with van der Waals surface area (Å²) >= 11 is 6.18. The summed E-state index contributed by atoms with van der Waals surface area (Å²) in [6.07, 6.45) is 3.49. The number of rotatable bonds is 5. The van der Waals surface area contributed by atoms with Gasteiger partial charge in [-0.25, -0.2) is 0 Å². The Morgan fingerprint density at radius 1 is 1.60 bits per heavy atom. The molecule has 1 aliphatic rings. The van der Waals surface area contributed by atoms with Gasteiger partial charge in [0.05, 0.1) is 5.69 Å². The molecule has 1 aliphatic heterocycles. The number of nitrogens with zero attached hydrogens (tertiary/aromatic N) is 2. The van der Waals surface area contributed by atoms with E-state index >= 15 is 0 Å². The van der Waals surface area contributed by atoms with Gasteiger partial charge in [0.1, 0.15) is 10.9 Å². The summed E-state index contributed by atoms with van der Waals surface area (Å²) in [6, 6.07) is 0. The molecule has 0 saturated carbocycles. The van der Waals surface area contributed by atoms with Crippen molar-refractivity contribution in [2.45, 2.75) is 39.5 Å². The molecule has 4 nitrogen and oxygen atoms in total. The monoisotopic (exact) mass is 297 g/mol. The standard InChI is InChI=1S/C15H24ClN3O/c1-10(12-5-4-6-17-9-12)7-13(20)8-14-11(2)18-19(3)15(14)16/h10,12,17H,4-9H2,1-3H3. The Balaban J connectivity index is 1.91. The van der Waals surface area contributed by atoms with Gasteiger partial charge in [0.25, 0.3) is 0 Å². The average molecular weight is 298 g/mol. The van der Waals surface area contributed by atoms with Crippen molar-refractivity contribution < 1.29 is 4.79 Å². The second-order valence-corrected chi connectivity index (χ2v) is 6.34. The highest BCUT2D eigenvalue weighted by atomic mass is 35.5. The fraction of sp³-hybridized carbons (Fsp3) is 0.733. The summed E-state index contributed by atoms with van der Waals surface area (Å²) in [6.45, 7) is 6.25. The van der Waals surface area contributed by atoms with E-state index in [0.29, 0.717) is 29.8 Å². The zero-order valence-electron chi connectivity index (χ0n) is 12.6. The number of nitrogens with one attached hydrogen (secondary N) is 1. The molecule has 1 aromatic heterocycles. The summed E-state index contributed by atoms with van der Waals surface area (Å²) < 4.78 is 1.63. The Morgan fingerprint density at radius 2 is 2.35 bits per heavy atom. The smallest absolute Gasteiger partial charge is 0.137 e. The Labute approximate surface area is 125 Å². The van der Waals surface area contributed by atoms with Crippen LogP contribution in [0.4, 0.5) is 0 Å². The predicted molar refractivity (Wildman–Crippen MR) is 81.0 cm³/mol. The molecule has 2 heterocycles. The number of carbonyl (C=O) groups is 1. The van der Waals surface area contributed by atoms with Crippen LogP contribution in [0.25, 0.3) is 0 Å². The molecule has 0 spiro atoms. The molecular formula is C15H24ClN3O. The Kier molecular flexibility index (Phi) is 5.22. The van der Waals surface area contributed by atoms with Gasteiger partial charge in [0.15, 0.2) is 0 Å². The van der Waals surface area contributed by atoms with Crippen LogP contribution in [0.1, 0.15) is 37.4 Å². The first-order chi connectivity index (χ1) is 9.49. The van der Waals surface area contributed by atoms with E-state index < -0.39 is 0 Å². The normalized spacial score (nSPS) is 20.9. The minimum atomic E-state index is 0.265. The van der Waals surface area contributed by atoms with Gasteiger partial charge in [-0.15, -0.1) is 0 Å². The fourth-order valence-corrected chi connectivity index (χ4v) is 3.28. The maximum Gasteiger partial charge on any atom is 0.137 e. The molecule has 0 aromatic carbocycles. The summed E-state index contributed by atoms with van der Waals surface area (Å²) in [4.78, 5) is 12.3. The lowest BCUT2D eigenvalue weighted by Crippen LogP contribution is -2.34. The molecule has 0 bridgehead atoms. The molecule has 1 aromatic rings. The molecule has 1 N–H and O–H groups in total. The predicted octanol–water partition coefficient (Wildman–Crippen LogP) is 2.52. The third kappa shape index (κ3) is 3.61. The van der Waals surface area contributed by atoms with Crippen molar-refractivity contribution in [1.29, 1.82) is 0 Å². The van der Waals surface area contributed by atoms with Gasteiger partial charge < -0.3 is 5.32 Å². The molecule has 2 unspecified atom stereocenters. The molecular weight excluding hydrogens is 274 g/mol. The first-order valence-corrected chi connectivity index (χ1v) is 7.77. The Morgan fingerprint density at radius 3 is 2.90 bits per heavy atom. The molecule has 112 valence electrons. The lowest BCUT2D eigenvalue weighted by atomic mass is 9.84. The summed E-state index contributed by atoms with van der Waals surface area (Å²) in [5.41, 5.74) is 1.74. The number of halogens is 1. The fourth-order valence-electron chi connectivity index (χ4n) is 3.03. The quantitative estimate of drug-likeness (QED) is 0.908. The van der Waals surface area contributed by atoms with Crippen LogP contribution in [0.2, 0.25) is 5.15 Å². The number of ketones is 1. The SMILES string of the molecule is Cc1nn(C)c(Cl)c1CC(=O)CC(C)C1CCCNC1. The van der Waals surface area contributed by atoms with E-state index in [9.17, 15) is 4.79 Å². The molecule has 0 radical (unpaired) electrons. The topological polar surface area (TPSA) is 46.9 Å². The van der Waals surface area contributed by atoms with Crippen molar-refractivity contribution in [2.75, 3.05) is 13.1 Å². The van der Waals surface area contributed by atoms with Gasteiger partial charge in [-0.05, 0) is 44.7 Å². The van der Waals surface area contributed by atoms with E-state index in [1.54, 1.807) is 11.7 Å². The zero-order chi connectivity index (χ0) is 14.7. The second-order valence-electron chi connectivity index (χ2n) is 5.98. The minimum absolute atomic E-state index is 0.265. The first kappa shape index (κ1) is 15.5. The second kappa shape index (κ2) is 6.72. The molecule has 2 atom stereocenters. The minimum Gasteiger partial charge on any atom is -0.316 e. The van der Waals surface area contributed by atoms with E-state index in [1.807, 2.05) is 6.92 Å². The molecule has 1 fully saturated rings.